The number of thioether (sulfide) groups is 1. The van der Waals surface area contributed by atoms with Gasteiger partial charge in [0.2, 0.25) is 0 Å². The number of ketones is 1. The molecule has 0 saturated carbocycles. The molecule has 0 unspecified atom stereocenters. The maximum absolute atomic E-state index is 9.63. The van der Waals surface area contributed by atoms with Crippen molar-refractivity contribution in [3.63, 3.8) is 0 Å². The largest absolute Gasteiger partial charge is 0.300 e. The van der Waals surface area contributed by atoms with Crippen molar-refractivity contribution in [3.05, 3.63) is 0 Å². The van der Waals surface area contributed by atoms with E-state index in [9.17, 15) is 13.2 Å². The SMILES string of the molecule is C.C.CC(C)=O.CCC.CS(C)(=O)=O.CSC. The molecular weight excluding hydrogens is 256 g/mol. The minimum Gasteiger partial charge on any atom is -0.300 e. The van der Waals surface area contributed by atoms with Gasteiger partial charge >= 0.3 is 0 Å². The van der Waals surface area contributed by atoms with E-state index in [1.165, 1.54) is 20.3 Å². The molecule has 0 aromatic carbocycles. The first kappa shape index (κ1) is 36.0. The number of carbonyl (C=O) groups excluding carboxylic acids is 1. The van der Waals surface area contributed by atoms with Gasteiger partial charge in [0.05, 0.1) is 0 Å². The van der Waals surface area contributed by atoms with Crippen molar-refractivity contribution in [2.24, 2.45) is 0 Å². The summed E-state index contributed by atoms with van der Waals surface area (Å²) in [5, 5.41) is 0. The molecule has 0 aliphatic rings. The van der Waals surface area contributed by atoms with Crippen LogP contribution in [0, 0.1) is 0 Å². The highest BCUT2D eigenvalue weighted by Crippen LogP contribution is 1.70. The molecule has 0 aliphatic carbocycles. The smallest absolute Gasteiger partial charge is 0.144 e. The molecule has 0 spiro atoms. The van der Waals surface area contributed by atoms with Crippen LogP contribution in [0.15, 0.2) is 0 Å². The highest BCUT2D eigenvalue weighted by Gasteiger charge is 1.79. The molecule has 0 amide bonds. The van der Waals surface area contributed by atoms with Gasteiger partial charge in [-0.3, -0.25) is 0 Å². The predicted octanol–water partition coefficient (Wildman–Crippen LogP) is 3.92. The third-order valence-corrected chi connectivity index (χ3v) is 0. The fraction of sp³-hybridized carbons (Fsp3) is 0.917. The Balaban J connectivity index is -0.0000000234. The molecule has 112 valence electrons. The van der Waals surface area contributed by atoms with E-state index in [1.807, 2.05) is 12.5 Å². The summed E-state index contributed by atoms with van der Waals surface area (Å²) in [6.07, 6.45) is 7.65. The van der Waals surface area contributed by atoms with Gasteiger partial charge in [0.1, 0.15) is 15.6 Å². The Labute approximate surface area is 115 Å². The summed E-state index contributed by atoms with van der Waals surface area (Å²) >= 11 is 1.75. The molecule has 0 N–H and O–H groups in total. The molecule has 3 nitrogen and oxygen atoms in total. The lowest BCUT2D eigenvalue weighted by molar-refractivity contribution is -0.114. The van der Waals surface area contributed by atoms with E-state index in [2.05, 4.69) is 13.8 Å². The van der Waals surface area contributed by atoms with Crippen LogP contribution in [0.25, 0.3) is 0 Å². The van der Waals surface area contributed by atoms with Crippen LogP contribution in [0.1, 0.15) is 49.0 Å². The van der Waals surface area contributed by atoms with E-state index < -0.39 is 9.84 Å². The van der Waals surface area contributed by atoms with Crippen molar-refractivity contribution < 1.29 is 13.2 Å². The van der Waals surface area contributed by atoms with Gasteiger partial charge in [-0.2, -0.15) is 11.8 Å². The van der Waals surface area contributed by atoms with Crippen molar-refractivity contribution in [2.75, 3.05) is 25.0 Å². The third kappa shape index (κ3) is 3460000. The van der Waals surface area contributed by atoms with Gasteiger partial charge in [-0.05, 0) is 26.4 Å². The van der Waals surface area contributed by atoms with E-state index in [1.54, 1.807) is 11.8 Å². The molecule has 0 rings (SSSR count). The van der Waals surface area contributed by atoms with Crippen LogP contribution < -0.4 is 0 Å². The topological polar surface area (TPSA) is 51.2 Å². The van der Waals surface area contributed by atoms with Gasteiger partial charge in [0.25, 0.3) is 0 Å². The molecule has 5 heteroatoms. The summed E-state index contributed by atoms with van der Waals surface area (Å²) < 4.78 is 19.3. The van der Waals surface area contributed by atoms with Crippen molar-refractivity contribution >= 4 is 27.4 Å². The second kappa shape index (κ2) is 29.7. The van der Waals surface area contributed by atoms with Gasteiger partial charge in [-0.15, -0.1) is 0 Å². The van der Waals surface area contributed by atoms with Crippen molar-refractivity contribution in [1.82, 2.24) is 0 Å². The van der Waals surface area contributed by atoms with E-state index in [0.717, 1.165) is 12.5 Å². The molecule has 0 aliphatic heterocycles. The van der Waals surface area contributed by atoms with Gasteiger partial charge in [-0.1, -0.05) is 35.1 Å². The monoisotopic (exact) mass is 290 g/mol. The number of rotatable bonds is 0. The first-order valence-corrected chi connectivity index (χ1v) is 8.52. The summed E-state index contributed by atoms with van der Waals surface area (Å²) in [7, 11) is -2.67. The summed E-state index contributed by atoms with van der Waals surface area (Å²) in [5.41, 5.74) is 0. The summed E-state index contributed by atoms with van der Waals surface area (Å²) in [6, 6.07) is 0. The molecule has 0 aromatic heterocycles. The maximum atomic E-state index is 9.63. The van der Waals surface area contributed by atoms with Crippen molar-refractivity contribution in [2.45, 2.75) is 49.0 Å². The van der Waals surface area contributed by atoms with Gasteiger partial charge < -0.3 is 4.79 Å². The standard InChI is InChI=1S/C3H6O.C3H8.C2H6O2S.C2H6S.2CH4/c1-3(2)4;1-3-2;1-5(2,3)4;1-3-2;;/h1-2H3;3H2,1-2H3;1-2H3;1-2H3;2*1H4. The summed E-state index contributed by atoms with van der Waals surface area (Å²) in [4.78, 5) is 9.44. The third-order valence-electron chi connectivity index (χ3n) is 0. The van der Waals surface area contributed by atoms with Gasteiger partial charge in [0, 0.05) is 12.5 Å². The first-order valence-electron chi connectivity index (χ1n) is 4.58. The average Bonchev–Trinajstić information content (AvgIpc) is 1.82. The minimum atomic E-state index is -2.67. The van der Waals surface area contributed by atoms with Crippen molar-refractivity contribution in [3.8, 4) is 0 Å². The molecule has 0 atom stereocenters. The van der Waals surface area contributed by atoms with E-state index in [0.29, 0.717) is 0 Å². The van der Waals surface area contributed by atoms with E-state index in [-0.39, 0.29) is 20.6 Å². The Morgan fingerprint density at radius 1 is 1.00 bits per heavy atom. The quantitative estimate of drug-likeness (QED) is 0.678. The zero-order valence-electron chi connectivity index (χ0n) is 11.2. The van der Waals surface area contributed by atoms with Crippen LogP contribution >= 0.6 is 11.8 Å². The van der Waals surface area contributed by atoms with Crippen LogP contribution in [0.5, 0.6) is 0 Å². The number of hydrogen-bond acceptors (Lipinski definition) is 4. The molecule has 0 fully saturated rings. The number of carbonyl (C=O) groups is 1. The van der Waals surface area contributed by atoms with E-state index >= 15 is 0 Å². The fourth-order valence-corrected chi connectivity index (χ4v) is 0. The molecule has 0 aromatic rings. The zero-order chi connectivity index (χ0) is 13.5. The maximum Gasteiger partial charge on any atom is 0.144 e. The molecule has 0 radical (unpaired) electrons. The van der Waals surface area contributed by atoms with Crippen molar-refractivity contribution in [1.29, 1.82) is 0 Å². The number of Topliss-reactive ketones (excluding diaryl/α,β-unsaturated/α-hetero) is 1. The lowest BCUT2D eigenvalue weighted by atomic mass is 10.6. The molecule has 0 bridgehead atoms. The normalized spacial score (nSPS) is 7.06. The Bertz CT molecular complexity index is 184. The van der Waals surface area contributed by atoms with Crippen LogP contribution in [0.3, 0.4) is 0 Å². The lowest BCUT2D eigenvalue weighted by Crippen LogP contribution is -1.86. The minimum absolute atomic E-state index is 0. The predicted molar refractivity (Wildman–Crippen MR) is 86.0 cm³/mol. The summed E-state index contributed by atoms with van der Waals surface area (Å²) in [6.45, 7) is 7.31. The average molecular weight is 291 g/mol. The number of sulfone groups is 1. The Kier molecular flexibility index (Phi) is 62.9. The zero-order valence-corrected chi connectivity index (χ0v) is 12.9. The second-order valence-corrected chi connectivity index (χ2v) is 6.27. The Morgan fingerprint density at radius 3 is 1.00 bits per heavy atom. The molecule has 0 saturated heterocycles. The van der Waals surface area contributed by atoms with Crippen LogP contribution in [0.2, 0.25) is 0 Å². The fourth-order valence-electron chi connectivity index (χ4n) is 0. The second-order valence-electron chi connectivity index (χ2n) is 3.17. The van der Waals surface area contributed by atoms with Crippen LogP contribution in [-0.4, -0.2) is 39.2 Å². The van der Waals surface area contributed by atoms with E-state index in [4.69, 9.17) is 0 Å². The van der Waals surface area contributed by atoms with Gasteiger partial charge in [0.15, 0.2) is 0 Å². The lowest BCUT2D eigenvalue weighted by Gasteiger charge is -1.69. The number of hydrogen-bond donors (Lipinski definition) is 0. The molecule has 0 heterocycles. The van der Waals surface area contributed by atoms with Gasteiger partial charge in [-0.25, -0.2) is 8.42 Å². The summed E-state index contributed by atoms with van der Waals surface area (Å²) in [5.74, 6) is 0.167. The Morgan fingerprint density at radius 2 is 1.00 bits per heavy atom. The van der Waals surface area contributed by atoms with Crippen LogP contribution in [0.4, 0.5) is 0 Å². The highest BCUT2D eigenvalue weighted by molar-refractivity contribution is 7.97. The molecular formula is C12H34O3S2. The Hall–Kier alpha value is -0.0300. The first-order chi connectivity index (χ1) is 6.56. The highest BCUT2D eigenvalue weighted by atomic mass is 32.2. The molecule has 17 heavy (non-hydrogen) atoms. The van der Waals surface area contributed by atoms with Crippen LogP contribution in [-0.2, 0) is 14.6 Å².